The first-order valence-electron chi connectivity index (χ1n) is 6.06. The Morgan fingerprint density at radius 2 is 2.33 bits per heavy atom. The first-order chi connectivity index (χ1) is 8.59. The molecule has 3 unspecified atom stereocenters. The van der Waals surface area contributed by atoms with Crippen molar-refractivity contribution in [3.05, 3.63) is 0 Å². The van der Waals surface area contributed by atoms with Crippen molar-refractivity contribution in [2.45, 2.75) is 30.8 Å². The third kappa shape index (κ3) is 2.96. The van der Waals surface area contributed by atoms with Gasteiger partial charge in [-0.1, -0.05) is 0 Å². The maximum atomic E-state index is 12.2. The zero-order valence-corrected chi connectivity index (χ0v) is 11.1. The summed E-state index contributed by atoms with van der Waals surface area (Å²) in [6.07, 6.45) is 0.300. The Hall–Kier alpha value is -0.790. The van der Waals surface area contributed by atoms with Crippen LogP contribution in [0.25, 0.3) is 0 Å². The zero-order chi connectivity index (χ0) is 13.1. The summed E-state index contributed by atoms with van der Waals surface area (Å²) < 4.78 is 5.29. The van der Waals surface area contributed by atoms with Gasteiger partial charge in [0, 0.05) is 24.8 Å². The third-order valence-corrected chi connectivity index (χ3v) is 4.43. The number of nitrogens with zero attached hydrogens (tertiary/aromatic N) is 1. The van der Waals surface area contributed by atoms with Crippen molar-refractivity contribution in [1.29, 1.82) is 0 Å². The van der Waals surface area contributed by atoms with E-state index in [1.165, 1.54) is 16.7 Å². The van der Waals surface area contributed by atoms with Crippen molar-refractivity contribution in [2.75, 3.05) is 25.5 Å². The van der Waals surface area contributed by atoms with Crippen LogP contribution in [0.15, 0.2) is 0 Å². The van der Waals surface area contributed by atoms with Crippen LogP contribution in [0, 0.1) is 0 Å². The van der Waals surface area contributed by atoms with Crippen LogP contribution in [-0.4, -0.2) is 64.9 Å². The van der Waals surface area contributed by atoms with Crippen LogP contribution in [0.5, 0.6) is 0 Å². The molecule has 0 spiro atoms. The smallest absolute Gasteiger partial charge is 0.327 e. The molecule has 0 bridgehead atoms. The fourth-order valence-electron chi connectivity index (χ4n) is 2.28. The number of carbonyl (C=O) groups is 2. The van der Waals surface area contributed by atoms with Gasteiger partial charge in [-0.2, -0.15) is 0 Å². The highest BCUT2D eigenvalue weighted by Crippen LogP contribution is 2.29. The molecule has 2 saturated heterocycles. The van der Waals surface area contributed by atoms with E-state index < -0.39 is 12.0 Å². The molecule has 3 atom stereocenters. The molecular weight excluding hydrogens is 256 g/mol. The van der Waals surface area contributed by atoms with Crippen molar-refractivity contribution in [2.24, 2.45) is 0 Å². The number of hydrogen-bond donors (Lipinski definition) is 2. The molecular formula is C11H18N2O4S. The predicted octanol–water partition coefficient (Wildman–Crippen LogP) is -0.260. The van der Waals surface area contributed by atoms with Crippen LogP contribution in [-0.2, 0) is 14.3 Å². The highest BCUT2D eigenvalue weighted by molar-refractivity contribution is 8.00. The summed E-state index contributed by atoms with van der Waals surface area (Å²) in [7, 11) is 0. The molecule has 0 saturated carbocycles. The molecule has 2 aliphatic rings. The number of carboxylic acids is 1. The van der Waals surface area contributed by atoms with Crippen LogP contribution >= 0.6 is 11.8 Å². The van der Waals surface area contributed by atoms with Crippen LogP contribution in [0.3, 0.4) is 0 Å². The van der Waals surface area contributed by atoms with E-state index in [1.54, 1.807) is 0 Å². The maximum Gasteiger partial charge on any atom is 0.327 e. The highest BCUT2D eigenvalue weighted by atomic mass is 32.2. The van der Waals surface area contributed by atoms with Crippen molar-refractivity contribution in [3.63, 3.8) is 0 Å². The van der Waals surface area contributed by atoms with E-state index in [9.17, 15) is 9.59 Å². The molecule has 0 aromatic rings. The molecule has 0 radical (unpaired) electrons. The number of morpholine rings is 1. The second-order valence-electron chi connectivity index (χ2n) is 4.52. The van der Waals surface area contributed by atoms with Gasteiger partial charge in [-0.3, -0.25) is 4.79 Å². The minimum atomic E-state index is -0.923. The Morgan fingerprint density at radius 3 is 2.94 bits per heavy atom. The number of amides is 1. The number of aliphatic carboxylic acids is 1. The molecule has 2 heterocycles. The van der Waals surface area contributed by atoms with Crippen LogP contribution in [0.4, 0.5) is 0 Å². The van der Waals surface area contributed by atoms with Crippen molar-refractivity contribution >= 4 is 23.6 Å². The van der Waals surface area contributed by atoms with Gasteiger partial charge in [-0.15, -0.1) is 11.8 Å². The Morgan fingerprint density at radius 1 is 1.56 bits per heavy atom. The zero-order valence-electron chi connectivity index (χ0n) is 10.3. The molecule has 0 aliphatic carbocycles. The van der Waals surface area contributed by atoms with E-state index in [-0.39, 0.29) is 17.3 Å². The number of hydrogen-bond acceptors (Lipinski definition) is 5. The quantitative estimate of drug-likeness (QED) is 0.738. The van der Waals surface area contributed by atoms with Crippen LogP contribution in [0.2, 0.25) is 0 Å². The largest absolute Gasteiger partial charge is 0.480 e. The molecule has 2 aliphatic heterocycles. The van der Waals surface area contributed by atoms with Gasteiger partial charge < -0.3 is 20.1 Å². The topological polar surface area (TPSA) is 78.9 Å². The van der Waals surface area contributed by atoms with E-state index in [4.69, 9.17) is 9.84 Å². The standard InChI is InChI=1S/C11H18N2O4S/c1-7-13(9(6-18-7)11(15)16)10(14)4-8-5-17-3-2-12-8/h7-9,12H,2-6H2,1H3,(H,15,16). The molecule has 102 valence electrons. The van der Waals surface area contributed by atoms with Gasteiger partial charge in [-0.25, -0.2) is 4.79 Å². The molecule has 0 aromatic carbocycles. The van der Waals surface area contributed by atoms with Crippen molar-refractivity contribution in [1.82, 2.24) is 10.2 Å². The SMILES string of the molecule is CC1SCC(C(=O)O)N1C(=O)CC1COCCN1. The Bertz CT molecular complexity index is 333. The predicted molar refractivity (Wildman–Crippen MR) is 67.4 cm³/mol. The Labute approximate surface area is 110 Å². The average molecular weight is 274 g/mol. The molecule has 7 heteroatoms. The lowest BCUT2D eigenvalue weighted by Crippen LogP contribution is -2.49. The first-order valence-corrected chi connectivity index (χ1v) is 7.11. The van der Waals surface area contributed by atoms with E-state index >= 15 is 0 Å². The monoisotopic (exact) mass is 274 g/mol. The maximum absolute atomic E-state index is 12.2. The lowest BCUT2D eigenvalue weighted by Gasteiger charge is -2.29. The van der Waals surface area contributed by atoms with Gasteiger partial charge in [0.05, 0.1) is 18.6 Å². The molecule has 1 amide bonds. The number of thioether (sulfide) groups is 1. The van der Waals surface area contributed by atoms with E-state index in [1.807, 2.05) is 6.92 Å². The van der Waals surface area contributed by atoms with Crippen LogP contribution in [0.1, 0.15) is 13.3 Å². The minimum absolute atomic E-state index is 0.00139. The Balaban J connectivity index is 1.95. The summed E-state index contributed by atoms with van der Waals surface area (Å²) in [5.41, 5.74) is 0. The summed E-state index contributed by atoms with van der Waals surface area (Å²) >= 11 is 1.50. The lowest BCUT2D eigenvalue weighted by atomic mass is 10.1. The second kappa shape index (κ2) is 5.90. The van der Waals surface area contributed by atoms with E-state index in [2.05, 4.69) is 5.32 Å². The summed E-state index contributed by atoms with van der Waals surface area (Å²) in [4.78, 5) is 24.8. The Kier molecular flexibility index (Phi) is 4.47. The van der Waals surface area contributed by atoms with E-state index in [0.29, 0.717) is 25.4 Å². The highest BCUT2D eigenvalue weighted by Gasteiger charge is 2.39. The summed E-state index contributed by atoms with van der Waals surface area (Å²) in [6.45, 7) is 3.79. The fourth-order valence-corrected chi connectivity index (χ4v) is 3.47. The summed E-state index contributed by atoms with van der Waals surface area (Å²) in [6, 6.07) is -0.694. The normalized spacial score (nSPS) is 32.5. The van der Waals surface area contributed by atoms with Gasteiger partial charge in [0.1, 0.15) is 6.04 Å². The van der Waals surface area contributed by atoms with Crippen molar-refractivity contribution in [3.8, 4) is 0 Å². The van der Waals surface area contributed by atoms with Gasteiger partial charge in [0.2, 0.25) is 5.91 Å². The second-order valence-corrected chi connectivity index (χ2v) is 5.87. The number of carboxylic acid groups (broad SMARTS) is 1. The lowest BCUT2D eigenvalue weighted by molar-refractivity contribution is -0.149. The molecule has 18 heavy (non-hydrogen) atoms. The van der Waals surface area contributed by atoms with Crippen LogP contribution < -0.4 is 5.32 Å². The summed E-state index contributed by atoms with van der Waals surface area (Å²) in [5.74, 6) is -0.562. The van der Waals surface area contributed by atoms with Gasteiger partial charge >= 0.3 is 5.97 Å². The third-order valence-electron chi connectivity index (χ3n) is 3.22. The molecule has 2 N–H and O–H groups in total. The van der Waals surface area contributed by atoms with Gasteiger partial charge in [-0.05, 0) is 6.92 Å². The van der Waals surface area contributed by atoms with Gasteiger partial charge in [0.15, 0.2) is 0 Å². The molecule has 0 aromatic heterocycles. The first kappa shape index (κ1) is 13.6. The average Bonchev–Trinajstić information content (AvgIpc) is 2.72. The van der Waals surface area contributed by atoms with Gasteiger partial charge in [0.25, 0.3) is 0 Å². The molecule has 2 rings (SSSR count). The number of carbonyl (C=O) groups excluding carboxylic acids is 1. The molecule has 2 fully saturated rings. The summed E-state index contributed by atoms with van der Waals surface area (Å²) in [5, 5.41) is 12.2. The number of rotatable bonds is 3. The number of nitrogens with one attached hydrogen (secondary N) is 1. The fraction of sp³-hybridized carbons (Fsp3) is 0.818. The van der Waals surface area contributed by atoms with Crippen molar-refractivity contribution < 1.29 is 19.4 Å². The minimum Gasteiger partial charge on any atom is -0.480 e. The molecule has 6 nitrogen and oxygen atoms in total. The van der Waals surface area contributed by atoms with E-state index in [0.717, 1.165) is 6.54 Å². The number of ether oxygens (including phenoxy) is 1.